The smallest absolute Gasteiger partial charge is 0.416 e. The molecular formula is C25H19ClF5N3O3. The van der Waals surface area contributed by atoms with Gasteiger partial charge >= 0.3 is 6.18 Å². The molecule has 3 aromatic carbocycles. The topological polar surface area (TPSA) is 79.5 Å². The number of carbonyl (C=O) groups is 2. The fourth-order valence-electron chi connectivity index (χ4n) is 4.13. The van der Waals surface area contributed by atoms with Crippen molar-refractivity contribution in [2.24, 2.45) is 0 Å². The van der Waals surface area contributed by atoms with Gasteiger partial charge in [0, 0.05) is 34.3 Å². The summed E-state index contributed by atoms with van der Waals surface area (Å²) in [4.78, 5) is 25.3. The molecule has 12 heteroatoms. The number of fused-ring (bicyclic) bond motifs is 1. The molecule has 0 bridgehead atoms. The number of hydrogen-bond donors (Lipinski definition) is 3. The molecule has 1 atom stereocenters. The maximum atomic E-state index is 14.1. The minimum Gasteiger partial charge on any atom is -0.489 e. The van der Waals surface area contributed by atoms with E-state index in [0.717, 1.165) is 12.1 Å². The lowest BCUT2D eigenvalue weighted by Gasteiger charge is -2.28. The molecule has 0 saturated carbocycles. The Morgan fingerprint density at radius 1 is 1.14 bits per heavy atom. The van der Waals surface area contributed by atoms with Crippen LogP contribution in [0.4, 0.5) is 33.3 Å². The number of amides is 1. The van der Waals surface area contributed by atoms with Crippen LogP contribution in [0, 0.1) is 11.6 Å². The maximum Gasteiger partial charge on any atom is 0.416 e. The van der Waals surface area contributed by atoms with E-state index < -0.39 is 40.9 Å². The second kappa shape index (κ2) is 10.3. The van der Waals surface area contributed by atoms with Gasteiger partial charge in [0.2, 0.25) is 0 Å². The van der Waals surface area contributed by atoms with E-state index in [1.807, 2.05) is 0 Å². The maximum absolute atomic E-state index is 14.1. The third-order valence-electron chi connectivity index (χ3n) is 5.73. The molecule has 1 unspecified atom stereocenters. The molecule has 0 spiro atoms. The molecule has 0 fully saturated rings. The van der Waals surface area contributed by atoms with Gasteiger partial charge < -0.3 is 20.7 Å². The van der Waals surface area contributed by atoms with Crippen LogP contribution in [-0.2, 0) is 6.18 Å². The Morgan fingerprint density at radius 2 is 1.89 bits per heavy atom. The van der Waals surface area contributed by atoms with Crippen LogP contribution in [0.5, 0.6) is 5.75 Å². The van der Waals surface area contributed by atoms with Crippen molar-refractivity contribution in [3.63, 3.8) is 0 Å². The molecule has 0 aromatic heterocycles. The van der Waals surface area contributed by atoms with E-state index in [1.54, 1.807) is 0 Å². The average molecular weight is 540 g/mol. The summed E-state index contributed by atoms with van der Waals surface area (Å²) in [5.74, 6) is -2.75. The van der Waals surface area contributed by atoms with Crippen molar-refractivity contribution in [2.75, 3.05) is 30.8 Å². The second-order valence-electron chi connectivity index (χ2n) is 8.09. The van der Waals surface area contributed by atoms with Crippen molar-refractivity contribution in [1.29, 1.82) is 0 Å². The third-order valence-corrected chi connectivity index (χ3v) is 6.08. The summed E-state index contributed by atoms with van der Waals surface area (Å²) >= 11 is 6.32. The van der Waals surface area contributed by atoms with E-state index >= 15 is 0 Å². The zero-order chi connectivity index (χ0) is 26.9. The van der Waals surface area contributed by atoms with Gasteiger partial charge in [-0.15, -0.1) is 0 Å². The van der Waals surface area contributed by atoms with Crippen molar-refractivity contribution >= 4 is 35.2 Å². The minimum absolute atomic E-state index is 0.0351. The fraction of sp³-hybridized carbons (Fsp3) is 0.200. The molecule has 6 nitrogen and oxygen atoms in total. The number of nitrogens with one attached hydrogen (secondary N) is 3. The highest BCUT2D eigenvalue weighted by molar-refractivity contribution is 6.31. The lowest BCUT2D eigenvalue weighted by molar-refractivity contribution is -0.137. The van der Waals surface area contributed by atoms with Gasteiger partial charge in [-0.3, -0.25) is 9.59 Å². The zero-order valence-corrected chi connectivity index (χ0v) is 19.9. The number of benzene rings is 3. The van der Waals surface area contributed by atoms with Crippen LogP contribution >= 0.6 is 11.6 Å². The summed E-state index contributed by atoms with van der Waals surface area (Å²) in [6.45, 7) is 0.607. The van der Waals surface area contributed by atoms with E-state index in [2.05, 4.69) is 16.0 Å². The lowest BCUT2D eigenvalue weighted by Crippen LogP contribution is -2.26. The molecule has 1 aliphatic heterocycles. The third kappa shape index (κ3) is 5.37. The summed E-state index contributed by atoms with van der Waals surface area (Å²) in [7, 11) is 1.51. The number of carbonyl (C=O) groups excluding carboxylic acids is 2. The molecule has 3 N–H and O–H groups in total. The predicted octanol–water partition coefficient (Wildman–Crippen LogP) is 5.81. The molecule has 1 amide bonds. The largest absolute Gasteiger partial charge is 0.489 e. The monoisotopic (exact) mass is 539 g/mol. The van der Waals surface area contributed by atoms with Gasteiger partial charge in [0.1, 0.15) is 24.0 Å². The number of rotatable bonds is 6. The first-order valence-electron chi connectivity index (χ1n) is 10.9. The molecule has 3 aromatic rings. The number of ether oxygens (including phenoxy) is 1. The number of anilines is 2. The van der Waals surface area contributed by atoms with Crippen LogP contribution in [0.1, 0.15) is 43.4 Å². The second-order valence-corrected chi connectivity index (χ2v) is 8.49. The van der Waals surface area contributed by atoms with Crippen molar-refractivity contribution in [3.8, 4) is 5.75 Å². The summed E-state index contributed by atoms with van der Waals surface area (Å²) in [5, 5.41) is 8.59. The van der Waals surface area contributed by atoms with E-state index in [4.69, 9.17) is 16.3 Å². The van der Waals surface area contributed by atoms with Gasteiger partial charge in [-0.25, -0.2) is 8.78 Å². The van der Waals surface area contributed by atoms with E-state index in [9.17, 15) is 31.5 Å². The van der Waals surface area contributed by atoms with Crippen LogP contribution in [0.2, 0.25) is 5.02 Å². The van der Waals surface area contributed by atoms with Gasteiger partial charge in [-0.2, -0.15) is 13.2 Å². The Hall–Kier alpha value is -3.70. The van der Waals surface area contributed by atoms with E-state index in [-0.39, 0.29) is 45.8 Å². The Balaban J connectivity index is 1.89. The summed E-state index contributed by atoms with van der Waals surface area (Å²) in [6.07, 6.45) is -4.38. The Labute approximate surface area is 212 Å². The van der Waals surface area contributed by atoms with Crippen LogP contribution < -0.4 is 20.7 Å². The average Bonchev–Trinajstić information content (AvgIpc) is 2.85. The Kier molecular flexibility index (Phi) is 7.37. The number of aldehydes is 1. The van der Waals surface area contributed by atoms with Crippen molar-refractivity contribution in [2.45, 2.75) is 12.2 Å². The van der Waals surface area contributed by atoms with Gasteiger partial charge in [-0.1, -0.05) is 11.6 Å². The fourth-order valence-corrected chi connectivity index (χ4v) is 4.36. The predicted molar refractivity (Wildman–Crippen MR) is 127 cm³/mol. The van der Waals surface area contributed by atoms with Crippen LogP contribution in [-0.4, -0.2) is 32.4 Å². The Bertz CT molecular complexity index is 1380. The van der Waals surface area contributed by atoms with E-state index in [1.165, 1.54) is 19.2 Å². The molecule has 194 valence electrons. The molecule has 1 heterocycles. The summed E-state index contributed by atoms with van der Waals surface area (Å²) < 4.78 is 73.3. The molecule has 37 heavy (non-hydrogen) atoms. The van der Waals surface area contributed by atoms with Gasteiger partial charge in [0.15, 0.2) is 6.29 Å². The van der Waals surface area contributed by atoms with Crippen molar-refractivity contribution in [3.05, 3.63) is 86.9 Å². The standard InChI is InChI=1S/C25H19ClF5N3O3/c1-32-23(16-9-14(27)2-3-18(16)26)21-17(11-35)22-20(37-5-4-33-22)10-19(21)34-24(36)12-6-13(25(29,30)31)8-15(28)7-12/h2-3,6-11,23,32-33H,4-5H2,1H3,(H,34,36). The first-order chi connectivity index (χ1) is 17.5. The van der Waals surface area contributed by atoms with Crippen LogP contribution in [0.3, 0.4) is 0 Å². The van der Waals surface area contributed by atoms with Crippen molar-refractivity contribution in [1.82, 2.24) is 5.32 Å². The first kappa shape index (κ1) is 26.4. The highest BCUT2D eigenvalue weighted by atomic mass is 35.5. The van der Waals surface area contributed by atoms with Gasteiger partial charge in [0.25, 0.3) is 5.91 Å². The van der Waals surface area contributed by atoms with Gasteiger partial charge in [0.05, 0.1) is 23.0 Å². The quantitative estimate of drug-likeness (QED) is 0.272. The van der Waals surface area contributed by atoms with E-state index in [0.29, 0.717) is 30.7 Å². The molecule has 0 aliphatic carbocycles. The number of halogens is 6. The van der Waals surface area contributed by atoms with Crippen LogP contribution in [0.15, 0.2) is 42.5 Å². The number of alkyl halides is 3. The summed E-state index contributed by atoms with van der Waals surface area (Å²) in [5.41, 5.74) is -1.26. The highest BCUT2D eigenvalue weighted by Crippen LogP contribution is 2.43. The Morgan fingerprint density at radius 3 is 2.57 bits per heavy atom. The van der Waals surface area contributed by atoms with Gasteiger partial charge in [-0.05, 0) is 49.0 Å². The highest BCUT2D eigenvalue weighted by Gasteiger charge is 2.33. The lowest BCUT2D eigenvalue weighted by atomic mass is 9.91. The van der Waals surface area contributed by atoms with Crippen LogP contribution in [0.25, 0.3) is 0 Å². The molecule has 1 aliphatic rings. The molecule has 0 radical (unpaired) electrons. The zero-order valence-electron chi connectivity index (χ0n) is 19.1. The molecular weight excluding hydrogens is 521 g/mol. The SMILES string of the molecule is CNC(c1cc(F)ccc1Cl)c1c(NC(=O)c2cc(F)cc(C(F)(F)F)c2)cc2c(c1C=O)NCCO2. The normalized spacial score (nSPS) is 13.7. The van der Waals surface area contributed by atoms with Crippen molar-refractivity contribution < 1.29 is 36.3 Å². The molecule has 4 rings (SSSR count). The first-order valence-corrected chi connectivity index (χ1v) is 11.3. The minimum atomic E-state index is -4.89. The molecule has 0 saturated heterocycles. The summed E-state index contributed by atoms with van der Waals surface area (Å²) in [6, 6.07) is 5.47. The number of hydrogen-bond acceptors (Lipinski definition) is 5.